The molecule has 0 aliphatic rings. The van der Waals surface area contributed by atoms with E-state index in [0.717, 1.165) is 49.6 Å². The van der Waals surface area contributed by atoms with Gasteiger partial charge in [-0.3, -0.25) is 0 Å². The summed E-state index contributed by atoms with van der Waals surface area (Å²) < 4.78 is 11.5. The Morgan fingerprint density at radius 3 is 1.77 bits per heavy atom. The number of aromatic nitrogens is 6. The maximum Gasteiger partial charge on any atom is 0.370 e. The van der Waals surface area contributed by atoms with Gasteiger partial charge < -0.3 is 18.5 Å². The largest absolute Gasteiger partial charge is 0.497 e. The fourth-order valence-corrected chi connectivity index (χ4v) is 6.19. The molecule has 3 aromatic heterocycles. The lowest BCUT2D eigenvalue weighted by Crippen LogP contribution is -2.68. The number of hydrogen-bond donors (Lipinski definition) is 0. The van der Waals surface area contributed by atoms with E-state index < -0.39 is 6.55 Å². The molecular weight excluding hydrogens is 547 g/mol. The van der Waals surface area contributed by atoms with Crippen LogP contribution in [-0.2, 0) is 0 Å². The lowest BCUT2D eigenvalue weighted by atomic mass is 9.52. The molecule has 44 heavy (non-hydrogen) atoms. The van der Waals surface area contributed by atoms with Gasteiger partial charge in [0.25, 0.3) is 0 Å². The van der Waals surface area contributed by atoms with Gasteiger partial charge in [0, 0.05) is 32.7 Å². The van der Waals surface area contributed by atoms with E-state index >= 15 is 0 Å². The van der Waals surface area contributed by atoms with Gasteiger partial charge in [-0.2, -0.15) is 5.11 Å². The number of rotatable bonds is 7. The van der Waals surface area contributed by atoms with Crippen molar-refractivity contribution < 1.29 is 4.74 Å². The number of benzene rings is 5. The van der Waals surface area contributed by atoms with Gasteiger partial charge in [-0.05, 0) is 48.5 Å². The van der Waals surface area contributed by atoms with E-state index in [1.54, 1.807) is 7.11 Å². The zero-order valence-corrected chi connectivity index (χ0v) is 23.8. The number of nitrogens with zero attached hydrogens (tertiary/aromatic N) is 8. The molecule has 0 radical (unpaired) electrons. The maximum absolute atomic E-state index is 5.28. The number of azo groups is 1. The second-order valence-corrected chi connectivity index (χ2v) is 10.6. The molecule has 0 aliphatic heterocycles. The second kappa shape index (κ2) is 10.4. The van der Waals surface area contributed by atoms with Gasteiger partial charge in [0.15, 0.2) is 0 Å². The lowest BCUT2D eigenvalue weighted by Gasteiger charge is -2.44. The average molecular weight is 573 g/mol. The Hall–Kier alpha value is -6.03. The summed E-state index contributed by atoms with van der Waals surface area (Å²) in [5, 5.41) is 27.3. The molecule has 10 heteroatoms. The van der Waals surface area contributed by atoms with Crippen molar-refractivity contribution >= 4 is 56.1 Å². The molecule has 8 rings (SSSR count). The Labute approximate surface area is 252 Å². The third-order valence-corrected chi connectivity index (χ3v) is 8.24. The highest BCUT2D eigenvalue weighted by molar-refractivity contribution is 6.88. The van der Waals surface area contributed by atoms with Crippen molar-refractivity contribution in [1.29, 1.82) is 0 Å². The van der Waals surface area contributed by atoms with Crippen LogP contribution in [0.4, 0.5) is 11.4 Å². The molecule has 5 aromatic carbocycles. The summed E-state index contributed by atoms with van der Waals surface area (Å²) in [5.41, 5.74) is 5.23. The number of para-hydroxylation sites is 2. The summed E-state index contributed by atoms with van der Waals surface area (Å²) >= 11 is 0. The van der Waals surface area contributed by atoms with Crippen LogP contribution in [0, 0.1) is 0 Å². The zero-order chi connectivity index (χ0) is 29.5. The average Bonchev–Trinajstić information content (AvgIpc) is 3.84. The SMILES string of the molecule is COc1ccc(N=Nc2cccc3c2cnn3[B-](c2ccccc2)(n2ncc3ccccc32)n2ncc3ccccc32)cc1. The molecule has 8 aromatic rings. The van der Waals surface area contributed by atoms with Gasteiger partial charge in [0.2, 0.25) is 0 Å². The monoisotopic (exact) mass is 573 g/mol. The molecule has 0 atom stereocenters. The summed E-state index contributed by atoms with van der Waals surface area (Å²) in [4.78, 5) is 0. The van der Waals surface area contributed by atoms with Crippen LogP contribution in [-0.4, -0.2) is 42.7 Å². The standard InChI is InChI=1S/C34H26BN8O/c1-44-29-20-18-28(19-21-29)39-40-31-14-9-17-34-30(31)24-38-43(34)35(27-12-3-2-4-13-27,41-32-15-7-5-10-25(32)22-36-41)42-33-16-8-6-11-26(33)23-37-42/h2-24H,1H3/q-1. The van der Waals surface area contributed by atoms with Crippen molar-refractivity contribution in [1.82, 2.24) is 29.1 Å². The minimum absolute atomic E-state index is 0.706. The van der Waals surface area contributed by atoms with Crippen molar-refractivity contribution in [3.63, 3.8) is 0 Å². The predicted molar refractivity (Wildman–Crippen MR) is 174 cm³/mol. The summed E-state index contributed by atoms with van der Waals surface area (Å²) in [5.74, 6) is 0.768. The molecule has 0 aliphatic carbocycles. The quantitative estimate of drug-likeness (QED) is 0.153. The van der Waals surface area contributed by atoms with E-state index in [1.165, 1.54) is 0 Å². The Morgan fingerprint density at radius 2 is 1.11 bits per heavy atom. The molecule has 0 fully saturated rings. The van der Waals surface area contributed by atoms with Crippen LogP contribution < -0.4 is 10.2 Å². The van der Waals surface area contributed by atoms with Gasteiger partial charge >= 0.3 is 6.55 Å². The molecular formula is C34H26BN8O-. The van der Waals surface area contributed by atoms with Crippen LogP contribution in [0.3, 0.4) is 0 Å². The Kier molecular flexibility index (Phi) is 6.04. The molecule has 0 saturated carbocycles. The highest BCUT2D eigenvalue weighted by atomic mass is 16.5. The van der Waals surface area contributed by atoms with Gasteiger partial charge in [0.1, 0.15) is 5.75 Å². The number of ether oxygens (including phenoxy) is 1. The van der Waals surface area contributed by atoms with E-state index in [-0.39, 0.29) is 0 Å². The summed E-state index contributed by atoms with van der Waals surface area (Å²) in [7, 11) is 1.64. The van der Waals surface area contributed by atoms with E-state index in [2.05, 4.69) is 66.5 Å². The van der Waals surface area contributed by atoms with Crippen molar-refractivity contribution in [2.45, 2.75) is 0 Å². The van der Waals surface area contributed by atoms with Crippen molar-refractivity contribution in [2.75, 3.05) is 7.11 Å². The fourth-order valence-electron chi connectivity index (χ4n) is 6.19. The van der Waals surface area contributed by atoms with Gasteiger partial charge in [-0.1, -0.05) is 72.8 Å². The molecule has 0 unspecified atom stereocenters. The molecule has 9 nitrogen and oxygen atoms in total. The van der Waals surface area contributed by atoms with E-state index in [9.17, 15) is 0 Å². The highest BCUT2D eigenvalue weighted by Crippen LogP contribution is 2.32. The van der Waals surface area contributed by atoms with Crippen LogP contribution in [0.2, 0.25) is 0 Å². The first kappa shape index (κ1) is 25.7. The van der Waals surface area contributed by atoms with Gasteiger partial charge in [-0.25, -0.2) is 15.3 Å². The van der Waals surface area contributed by atoms with Crippen LogP contribution in [0.1, 0.15) is 0 Å². The Bertz CT molecular complexity index is 2210. The van der Waals surface area contributed by atoms with Crippen LogP contribution >= 0.6 is 0 Å². The molecule has 0 N–H and O–H groups in total. The van der Waals surface area contributed by atoms with Crippen molar-refractivity contribution in [2.24, 2.45) is 10.2 Å². The maximum atomic E-state index is 5.28. The van der Waals surface area contributed by atoms with Gasteiger partial charge in [-0.15, -0.1) is 10.6 Å². The fraction of sp³-hybridized carbons (Fsp3) is 0.0294. The molecule has 0 bridgehead atoms. The highest BCUT2D eigenvalue weighted by Gasteiger charge is 2.40. The van der Waals surface area contributed by atoms with Crippen molar-refractivity contribution in [3.8, 4) is 5.75 Å². The normalized spacial score (nSPS) is 12.1. The molecule has 0 saturated heterocycles. The number of hydrogen-bond acceptors (Lipinski definition) is 6. The first-order valence-electron chi connectivity index (χ1n) is 14.4. The molecule has 212 valence electrons. The van der Waals surface area contributed by atoms with E-state index in [4.69, 9.17) is 20.0 Å². The van der Waals surface area contributed by atoms with Crippen LogP contribution in [0.5, 0.6) is 5.75 Å². The molecule has 0 spiro atoms. The Morgan fingerprint density at radius 1 is 0.545 bits per heavy atom. The van der Waals surface area contributed by atoms with Crippen molar-refractivity contribution in [3.05, 3.63) is 140 Å². The summed E-state index contributed by atoms with van der Waals surface area (Å²) in [6.45, 7) is -2.18. The van der Waals surface area contributed by atoms with E-state index in [0.29, 0.717) is 5.69 Å². The number of fused-ring (bicyclic) bond motifs is 3. The molecule has 3 heterocycles. The lowest BCUT2D eigenvalue weighted by molar-refractivity contribution is 0.415. The smallest absolute Gasteiger partial charge is 0.370 e. The summed E-state index contributed by atoms with van der Waals surface area (Å²) in [6, 6.07) is 40.3. The van der Waals surface area contributed by atoms with E-state index in [1.807, 2.05) is 97.5 Å². The first-order valence-corrected chi connectivity index (χ1v) is 14.4. The number of methoxy groups -OCH3 is 1. The summed E-state index contributed by atoms with van der Waals surface area (Å²) in [6.07, 6.45) is 5.66. The van der Waals surface area contributed by atoms with Crippen LogP contribution in [0.25, 0.3) is 32.7 Å². The minimum Gasteiger partial charge on any atom is -0.497 e. The zero-order valence-electron chi connectivity index (χ0n) is 23.8. The third kappa shape index (κ3) is 3.92. The second-order valence-electron chi connectivity index (χ2n) is 10.6. The molecule has 0 amide bonds. The predicted octanol–water partition coefficient (Wildman–Crippen LogP) is 6.95. The Balaban J connectivity index is 1.43. The topological polar surface area (TPSA) is 87.4 Å². The van der Waals surface area contributed by atoms with Gasteiger partial charge in [0.05, 0.1) is 37.1 Å². The van der Waals surface area contributed by atoms with Crippen LogP contribution in [0.15, 0.2) is 150 Å². The third-order valence-electron chi connectivity index (χ3n) is 8.24. The minimum atomic E-state index is -2.18. The first-order chi connectivity index (χ1) is 21.8.